The van der Waals surface area contributed by atoms with E-state index in [2.05, 4.69) is 5.32 Å². The van der Waals surface area contributed by atoms with E-state index < -0.39 is 16.5 Å². The number of amides is 2. The lowest BCUT2D eigenvalue weighted by Crippen LogP contribution is -2.42. The summed E-state index contributed by atoms with van der Waals surface area (Å²) in [5.74, 6) is -0.863. The molecule has 7 nitrogen and oxygen atoms in total. The molecule has 1 aliphatic rings. The van der Waals surface area contributed by atoms with E-state index in [1.54, 1.807) is 30.0 Å². The highest BCUT2D eigenvalue weighted by Crippen LogP contribution is 2.48. The average Bonchev–Trinajstić information content (AvgIpc) is 3.20. The van der Waals surface area contributed by atoms with Gasteiger partial charge in [0.15, 0.2) is 0 Å². The third-order valence-electron chi connectivity index (χ3n) is 6.17. The highest BCUT2D eigenvalue weighted by Gasteiger charge is 2.40. The van der Waals surface area contributed by atoms with Crippen LogP contribution < -0.4 is 10.2 Å². The second kappa shape index (κ2) is 11.7. The zero-order valence-corrected chi connectivity index (χ0v) is 22.8. The van der Waals surface area contributed by atoms with E-state index in [0.29, 0.717) is 42.3 Å². The number of rotatable bonds is 8. The molecule has 1 N–H and O–H groups in total. The summed E-state index contributed by atoms with van der Waals surface area (Å²) in [6.07, 6.45) is 0.640. The predicted molar refractivity (Wildman–Crippen MR) is 145 cm³/mol. The number of anilines is 1. The van der Waals surface area contributed by atoms with Crippen LogP contribution in [0.15, 0.2) is 48.5 Å². The third kappa shape index (κ3) is 6.07. The molecule has 38 heavy (non-hydrogen) atoms. The molecule has 2 aromatic carbocycles. The van der Waals surface area contributed by atoms with Gasteiger partial charge in [-0.3, -0.25) is 14.5 Å². The van der Waals surface area contributed by atoms with Gasteiger partial charge in [0.1, 0.15) is 24.0 Å². The van der Waals surface area contributed by atoms with Gasteiger partial charge in [-0.2, -0.15) is 5.10 Å². The maximum Gasteiger partial charge on any atom is 0.240 e. The Hall–Kier alpha value is -3.24. The monoisotopic (exact) mass is 542 g/mol. The van der Waals surface area contributed by atoms with Crippen LogP contribution in [0, 0.1) is 11.6 Å². The lowest BCUT2D eigenvalue weighted by Gasteiger charge is -2.24. The van der Waals surface area contributed by atoms with E-state index in [9.17, 15) is 18.4 Å². The van der Waals surface area contributed by atoms with Crippen LogP contribution in [0.1, 0.15) is 49.3 Å². The van der Waals surface area contributed by atoms with Crippen LogP contribution in [0.3, 0.4) is 0 Å². The molecule has 0 radical (unpaired) electrons. The molecule has 0 saturated carbocycles. The second-order valence-corrected chi connectivity index (χ2v) is 11.2. The number of nitrogens with one attached hydrogen (secondary N) is 1. The fourth-order valence-corrected chi connectivity index (χ4v) is 5.60. The third-order valence-corrected chi connectivity index (χ3v) is 7.43. The maximum absolute atomic E-state index is 14.3. The molecule has 4 rings (SSSR count). The van der Waals surface area contributed by atoms with Crippen LogP contribution in [-0.2, 0) is 19.7 Å². The topological polar surface area (TPSA) is 76.5 Å². The Morgan fingerprint density at radius 1 is 1.16 bits per heavy atom. The largest absolute Gasteiger partial charge is 0.385 e. The first-order chi connectivity index (χ1) is 18.1. The Morgan fingerprint density at radius 3 is 2.55 bits per heavy atom. The first-order valence-electron chi connectivity index (χ1n) is 12.4. The van der Waals surface area contributed by atoms with Crippen molar-refractivity contribution >= 4 is 29.4 Å². The molecule has 0 saturated heterocycles. The molecule has 1 aliphatic heterocycles. The van der Waals surface area contributed by atoms with Gasteiger partial charge in [0.2, 0.25) is 11.8 Å². The number of hydrogen-bond donors (Lipinski definition) is 1. The van der Waals surface area contributed by atoms with E-state index in [4.69, 9.17) is 9.84 Å². The van der Waals surface area contributed by atoms with Crippen molar-refractivity contribution in [2.24, 2.45) is 0 Å². The summed E-state index contributed by atoms with van der Waals surface area (Å²) in [6, 6.07) is 12.1. The molecule has 1 aromatic heterocycles. The molecular formula is C28H32F2N4O3S. The number of methoxy groups -OCH3 is 1. The Kier molecular flexibility index (Phi) is 8.52. The quantitative estimate of drug-likeness (QED) is 0.415. The van der Waals surface area contributed by atoms with Crippen molar-refractivity contribution in [3.63, 3.8) is 0 Å². The fourth-order valence-electron chi connectivity index (χ4n) is 4.41. The summed E-state index contributed by atoms with van der Waals surface area (Å²) in [4.78, 5) is 28.0. The Morgan fingerprint density at radius 2 is 1.89 bits per heavy atom. The standard InChI is InChI=1S/C28H32F2N4O3S/c1-28(2,3)26-24-25(18-7-5-8-20(30)15-18)38-17-23(36)33(16-22(35)31-13-6-14-37-4)27(24)34(32-26)21-11-9-19(29)10-12-21/h5,7-12,15,25H,6,13-14,16-17H2,1-4H3,(H,31,35)/t25-/m1/s1. The molecule has 1 atom stereocenters. The molecule has 2 heterocycles. The molecule has 10 heteroatoms. The summed E-state index contributed by atoms with van der Waals surface area (Å²) in [6.45, 7) is 6.73. The number of hydrogen-bond acceptors (Lipinski definition) is 5. The Labute approximate surface area is 225 Å². The van der Waals surface area contributed by atoms with Crippen LogP contribution in [0.2, 0.25) is 0 Å². The van der Waals surface area contributed by atoms with Crippen molar-refractivity contribution in [3.05, 3.63) is 77.0 Å². The van der Waals surface area contributed by atoms with Crippen molar-refractivity contribution in [1.82, 2.24) is 15.1 Å². The average molecular weight is 543 g/mol. The van der Waals surface area contributed by atoms with E-state index in [-0.39, 0.29) is 29.9 Å². The summed E-state index contributed by atoms with van der Waals surface area (Å²) < 4.78 is 34.8. The highest BCUT2D eigenvalue weighted by atomic mass is 32.2. The first kappa shape index (κ1) is 27.8. The lowest BCUT2D eigenvalue weighted by atomic mass is 9.87. The molecule has 202 valence electrons. The molecule has 0 aliphatic carbocycles. The number of benzene rings is 2. The Bertz CT molecular complexity index is 1300. The van der Waals surface area contributed by atoms with Gasteiger partial charge in [0, 0.05) is 31.2 Å². The smallest absolute Gasteiger partial charge is 0.240 e. The number of thioether (sulfide) groups is 1. The van der Waals surface area contributed by atoms with Crippen LogP contribution in [-0.4, -0.2) is 54.2 Å². The highest BCUT2D eigenvalue weighted by molar-refractivity contribution is 8.00. The van der Waals surface area contributed by atoms with E-state index in [1.165, 1.54) is 40.9 Å². The van der Waals surface area contributed by atoms with Gasteiger partial charge in [-0.05, 0) is 48.4 Å². The molecule has 0 spiro atoms. The van der Waals surface area contributed by atoms with Crippen LogP contribution in [0.5, 0.6) is 0 Å². The molecular weight excluding hydrogens is 510 g/mol. The van der Waals surface area contributed by atoms with Gasteiger partial charge < -0.3 is 10.1 Å². The number of carbonyl (C=O) groups excluding carboxylic acids is 2. The van der Waals surface area contributed by atoms with Gasteiger partial charge in [-0.25, -0.2) is 13.5 Å². The molecule has 0 unspecified atom stereocenters. The summed E-state index contributed by atoms with van der Waals surface area (Å²) in [7, 11) is 1.59. The van der Waals surface area contributed by atoms with E-state index in [0.717, 1.165) is 5.56 Å². The van der Waals surface area contributed by atoms with Gasteiger partial charge in [0.05, 0.1) is 22.4 Å². The van der Waals surface area contributed by atoms with E-state index in [1.807, 2.05) is 26.8 Å². The molecule has 2 amide bonds. The maximum atomic E-state index is 14.3. The van der Waals surface area contributed by atoms with Gasteiger partial charge in [-0.15, -0.1) is 11.8 Å². The van der Waals surface area contributed by atoms with Crippen molar-refractivity contribution in [3.8, 4) is 5.69 Å². The summed E-state index contributed by atoms with van der Waals surface area (Å²) in [5, 5.41) is 7.35. The minimum Gasteiger partial charge on any atom is -0.385 e. The van der Waals surface area contributed by atoms with Gasteiger partial charge >= 0.3 is 0 Å². The van der Waals surface area contributed by atoms with Crippen molar-refractivity contribution < 1.29 is 23.1 Å². The number of carbonyl (C=O) groups is 2. The Balaban J connectivity index is 1.90. The number of nitrogens with zero attached hydrogens (tertiary/aromatic N) is 3. The zero-order valence-electron chi connectivity index (χ0n) is 22.0. The van der Waals surface area contributed by atoms with Crippen molar-refractivity contribution in [2.45, 2.75) is 37.9 Å². The fraction of sp³-hybridized carbons (Fsp3) is 0.393. The number of halogens is 2. The van der Waals surface area contributed by atoms with E-state index >= 15 is 0 Å². The SMILES string of the molecule is COCCCNC(=O)CN1C(=O)CS[C@H](c2cccc(F)c2)c2c(C(C)(C)C)nn(-c3ccc(F)cc3)c21. The second-order valence-electron chi connectivity index (χ2n) is 10.1. The van der Waals surface area contributed by atoms with Gasteiger partial charge in [0.25, 0.3) is 0 Å². The number of aromatic nitrogens is 2. The number of fused-ring (bicyclic) bond motifs is 1. The van der Waals surface area contributed by atoms with Gasteiger partial charge in [-0.1, -0.05) is 32.9 Å². The number of ether oxygens (including phenoxy) is 1. The zero-order chi connectivity index (χ0) is 27.4. The first-order valence-corrected chi connectivity index (χ1v) is 13.5. The van der Waals surface area contributed by atoms with Crippen LogP contribution in [0.25, 0.3) is 5.69 Å². The molecule has 3 aromatic rings. The minimum atomic E-state index is -0.455. The normalized spacial score (nSPS) is 15.8. The molecule has 0 fully saturated rings. The lowest BCUT2D eigenvalue weighted by molar-refractivity contribution is -0.122. The molecule has 0 bridgehead atoms. The summed E-state index contributed by atoms with van der Waals surface area (Å²) in [5.41, 5.74) is 2.22. The predicted octanol–water partition coefficient (Wildman–Crippen LogP) is 4.77. The van der Waals surface area contributed by atoms with Crippen molar-refractivity contribution in [2.75, 3.05) is 37.5 Å². The van der Waals surface area contributed by atoms with Crippen molar-refractivity contribution in [1.29, 1.82) is 0 Å². The summed E-state index contributed by atoms with van der Waals surface area (Å²) >= 11 is 1.37. The minimum absolute atomic E-state index is 0.0832. The van der Waals surface area contributed by atoms with Crippen LogP contribution in [0.4, 0.5) is 14.6 Å². The van der Waals surface area contributed by atoms with Crippen LogP contribution >= 0.6 is 11.8 Å².